The van der Waals surface area contributed by atoms with Gasteiger partial charge >= 0.3 is 0 Å². The van der Waals surface area contributed by atoms with Crippen LogP contribution in [0.15, 0.2) is 48.5 Å². The average Bonchev–Trinajstić information content (AvgIpc) is 3.15. The van der Waals surface area contributed by atoms with Crippen LogP contribution in [0, 0.1) is 5.82 Å². The Labute approximate surface area is 197 Å². The number of amides is 3. The molecule has 3 amide bonds. The van der Waals surface area contributed by atoms with Crippen LogP contribution >= 0.6 is 11.6 Å². The summed E-state index contributed by atoms with van der Waals surface area (Å²) in [6.07, 6.45) is 2.51. The minimum absolute atomic E-state index is 0.00227. The van der Waals surface area contributed by atoms with E-state index in [1.54, 1.807) is 21.9 Å². The van der Waals surface area contributed by atoms with Crippen LogP contribution in [0.5, 0.6) is 0 Å². The summed E-state index contributed by atoms with van der Waals surface area (Å²) in [6.45, 7) is 1.20. The van der Waals surface area contributed by atoms with E-state index in [0.717, 1.165) is 11.1 Å². The number of benzene rings is 2. The fourth-order valence-electron chi connectivity index (χ4n) is 4.62. The van der Waals surface area contributed by atoms with Gasteiger partial charge < -0.3 is 15.1 Å². The molecule has 1 N–H and O–H groups in total. The molecule has 6 nitrogen and oxygen atoms in total. The van der Waals surface area contributed by atoms with Crippen molar-refractivity contribution < 1.29 is 18.8 Å². The van der Waals surface area contributed by atoms with Crippen molar-refractivity contribution >= 4 is 29.3 Å². The van der Waals surface area contributed by atoms with Crippen LogP contribution < -0.4 is 5.32 Å². The number of hydrogen-bond donors (Lipinski definition) is 1. The van der Waals surface area contributed by atoms with Crippen molar-refractivity contribution in [2.75, 3.05) is 19.6 Å². The van der Waals surface area contributed by atoms with Crippen molar-refractivity contribution in [2.45, 2.75) is 44.2 Å². The fraction of sp³-hybridized carbons (Fsp3) is 0.400. The van der Waals surface area contributed by atoms with Gasteiger partial charge in [0.2, 0.25) is 17.7 Å². The summed E-state index contributed by atoms with van der Waals surface area (Å²) >= 11 is 5.98. The maximum absolute atomic E-state index is 13.4. The largest absolute Gasteiger partial charge is 0.350 e. The van der Waals surface area contributed by atoms with Gasteiger partial charge in [0.1, 0.15) is 5.82 Å². The first-order valence-corrected chi connectivity index (χ1v) is 11.6. The molecule has 2 aromatic rings. The quantitative estimate of drug-likeness (QED) is 0.673. The second-order valence-corrected chi connectivity index (χ2v) is 9.33. The van der Waals surface area contributed by atoms with Crippen LogP contribution in [-0.4, -0.2) is 52.7 Å². The lowest BCUT2D eigenvalue weighted by Crippen LogP contribution is -2.52. The lowest BCUT2D eigenvalue weighted by molar-refractivity contribution is -0.145. The summed E-state index contributed by atoms with van der Waals surface area (Å²) in [6, 6.07) is 13.7. The first kappa shape index (κ1) is 23.2. The molecule has 2 aromatic carbocycles. The molecule has 0 bridgehead atoms. The maximum Gasteiger partial charge on any atom is 0.242 e. The van der Waals surface area contributed by atoms with Crippen molar-refractivity contribution in [3.8, 4) is 0 Å². The second-order valence-electron chi connectivity index (χ2n) is 8.89. The van der Waals surface area contributed by atoms with Crippen molar-refractivity contribution in [2.24, 2.45) is 0 Å². The normalized spacial score (nSPS) is 20.8. The van der Waals surface area contributed by atoms with Crippen molar-refractivity contribution in [1.82, 2.24) is 15.1 Å². The van der Waals surface area contributed by atoms with Gasteiger partial charge in [-0.25, -0.2) is 4.39 Å². The van der Waals surface area contributed by atoms with Crippen molar-refractivity contribution in [1.29, 1.82) is 0 Å². The first-order chi connectivity index (χ1) is 15.8. The third kappa shape index (κ3) is 5.90. The Kier molecular flexibility index (Phi) is 6.98. The van der Waals surface area contributed by atoms with Gasteiger partial charge in [-0.15, -0.1) is 0 Å². The van der Waals surface area contributed by atoms with E-state index in [1.807, 2.05) is 24.3 Å². The van der Waals surface area contributed by atoms with Crippen LogP contribution in [0.3, 0.4) is 0 Å². The van der Waals surface area contributed by atoms with Crippen LogP contribution in [-0.2, 0) is 27.3 Å². The number of rotatable bonds is 7. The van der Waals surface area contributed by atoms with Gasteiger partial charge in [-0.1, -0.05) is 35.9 Å². The molecule has 1 atom stereocenters. The molecule has 2 aliphatic rings. The van der Waals surface area contributed by atoms with Crippen LogP contribution in [0.2, 0.25) is 5.02 Å². The fourth-order valence-corrected chi connectivity index (χ4v) is 4.75. The third-order valence-corrected chi connectivity index (χ3v) is 6.69. The highest BCUT2D eigenvalue weighted by Crippen LogP contribution is 2.30. The Hall–Kier alpha value is -2.93. The zero-order valence-corrected chi connectivity index (χ0v) is 19.1. The molecule has 2 heterocycles. The van der Waals surface area contributed by atoms with Gasteiger partial charge in [-0.05, 0) is 54.7 Å². The van der Waals surface area contributed by atoms with Gasteiger partial charge in [-0.3, -0.25) is 14.4 Å². The first-order valence-electron chi connectivity index (χ1n) is 11.2. The molecule has 2 fully saturated rings. The van der Waals surface area contributed by atoms with Crippen molar-refractivity contribution in [3.05, 3.63) is 70.5 Å². The Morgan fingerprint density at radius 1 is 1.09 bits per heavy atom. The SMILES string of the molecule is O=C1CC[C@@](CCC(=O)N2CCN(Cc3cccc(F)c3)C(=O)C2)(Cc2ccc(Cl)cc2)N1. The molecule has 0 aliphatic carbocycles. The molecule has 2 aliphatic heterocycles. The van der Waals surface area contributed by atoms with E-state index in [1.165, 1.54) is 12.1 Å². The van der Waals surface area contributed by atoms with E-state index >= 15 is 0 Å². The summed E-state index contributed by atoms with van der Waals surface area (Å²) in [5.41, 5.74) is 1.31. The van der Waals surface area contributed by atoms with Gasteiger partial charge in [-0.2, -0.15) is 0 Å². The zero-order valence-electron chi connectivity index (χ0n) is 18.4. The molecule has 8 heteroatoms. The number of halogens is 2. The summed E-state index contributed by atoms with van der Waals surface area (Å²) in [4.78, 5) is 40.7. The smallest absolute Gasteiger partial charge is 0.242 e. The van der Waals surface area contributed by atoms with Gasteiger partial charge in [0.05, 0.1) is 6.54 Å². The topological polar surface area (TPSA) is 69.7 Å². The monoisotopic (exact) mass is 471 g/mol. The third-order valence-electron chi connectivity index (χ3n) is 6.44. The standard InChI is InChI=1S/C25H27ClFN3O3/c26-20-6-4-18(5-7-20)15-25(10-8-22(31)28-25)11-9-23(32)30-13-12-29(24(33)17-30)16-19-2-1-3-21(27)14-19/h1-7,14H,8-13,15-17H2,(H,28,31)/t25-/m1/s1. The molecule has 174 valence electrons. The lowest BCUT2D eigenvalue weighted by Gasteiger charge is -2.35. The molecule has 0 saturated carbocycles. The van der Waals surface area contributed by atoms with E-state index < -0.39 is 5.54 Å². The molecule has 0 aromatic heterocycles. The summed E-state index contributed by atoms with van der Waals surface area (Å²) in [7, 11) is 0. The molecule has 2 saturated heterocycles. The molecule has 0 spiro atoms. The van der Waals surface area contributed by atoms with E-state index in [0.29, 0.717) is 50.3 Å². The van der Waals surface area contributed by atoms with Crippen LogP contribution in [0.1, 0.15) is 36.8 Å². The highest BCUT2D eigenvalue weighted by Gasteiger charge is 2.38. The summed E-state index contributed by atoms with van der Waals surface area (Å²) in [5.74, 6) is -0.577. The summed E-state index contributed by atoms with van der Waals surface area (Å²) < 4.78 is 13.4. The highest BCUT2D eigenvalue weighted by molar-refractivity contribution is 6.30. The molecule has 0 radical (unpaired) electrons. The Bertz CT molecular complexity index is 1050. The van der Waals surface area contributed by atoms with Crippen molar-refractivity contribution in [3.63, 3.8) is 0 Å². The molecule has 33 heavy (non-hydrogen) atoms. The number of carbonyl (C=O) groups is 3. The Morgan fingerprint density at radius 3 is 2.55 bits per heavy atom. The number of nitrogens with one attached hydrogen (secondary N) is 1. The van der Waals surface area contributed by atoms with E-state index in [2.05, 4.69) is 5.32 Å². The van der Waals surface area contributed by atoms with E-state index in [9.17, 15) is 18.8 Å². The average molecular weight is 472 g/mol. The molecule has 4 rings (SSSR count). The number of nitrogens with zero attached hydrogens (tertiary/aromatic N) is 2. The minimum Gasteiger partial charge on any atom is -0.350 e. The van der Waals surface area contributed by atoms with E-state index in [-0.39, 0.29) is 36.5 Å². The van der Waals surface area contributed by atoms with E-state index in [4.69, 9.17) is 11.6 Å². The van der Waals surface area contributed by atoms with Gasteiger partial charge in [0.25, 0.3) is 0 Å². The maximum atomic E-state index is 13.4. The predicted molar refractivity (Wildman–Crippen MR) is 123 cm³/mol. The van der Waals surface area contributed by atoms with Gasteiger partial charge in [0.15, 0.2) is 0 Å². The highest BCUT2D eigenvalue weighted by atomic mass is 35.5. The number of carbonyl (C=O) groups excluding carboxylic acids is 3. The van der Waals surface area contributed by atoms with Crippen LogP contribution in [0.25, 0.3) is 0 Å². The molecular weight excluding hydrogens is 445 g/mol. The Balaban J connectivity index is 1.33. The Morgan fingerprint density at radius 2 is 1.88 bits per heavy atom. The molecule has 0 unspecified atom stereocenters. The minimum atomic E-state index is -0.468. The number of hydrogen-bond acceptors (Lipinski definition) is 3. The van der Waals surface area contributed by atoms with Gasteiger partial charge in [0, 0.05) is 43.0 Å². The molecular formula is C25H27ClFN3O3. The zero-order chi connectivity index (χ0) is 23.4. The van der Waals surface area contributed by atoms with Crippen LogP contribution in [0.4, 0.5) is 4.39 Å². The second kappa shape index (κ2) is 9.91. The predicted octanol–water partition coefficient (Wildman–Crippen LogP) is 3.32. The summed E-state index contributed by atoms with van der Waals surface area (Å²) in [5, 5.41) is 3.74. The lowest BCUT2D eigenvalue weighted by atomic mass is 9.85. The number of piperazine rings is 1.